The Hall–Kier alpha value is -4.00. The van der Waals surface area contributed by atoms with Crippen molar-refractivity contribution < 1.29 is 23.9 Å². The minimum Gasteiger partial charge on any atom is -0.417 e. The first-order valence-electron chi connectivity index (χ1n) is 8.43. The normalized spacial score (nSPS) is 18.2. The highest BCUT2D eigenvalue weighted by Gasteiger charge is 2.30. The summed E-state index contributed by atoms with van der Waals surface area (Å²) in [5.41, 5.74) is 1.07. The first-order chi connectivity index (χ1) is 13.5. The number of benzene rings is 2. The van der Waals surface area contributed by atoms with E-state index < -0.39 is 23.5 Å². The van der Waals surface area contributed by atoms with Gasteiger partial charge in [-0.1, -0.05) is 42.5 Å². The van der Waals surface area contributed by atoms with Crippen molar-refractivity contribution in [1.82, 2.24) is 9.97 Å². The van der Waals surface area contributed by atoms with E-state index in [4.69, 9.17) is 9.47 Å². The van der Waals surface area contributed by atoms with Gasteiger partial charge in [-0.25, -0.2) is 14.6 Å². The van der Waals surface area contributed by atoms with Crippen LogP contribution in [0, 0.1) is 6.92 Å². The van der Waals surface area contributed by atoms with Gasteiger partial charge in [-0.05, 0) is 17.7 Å². The molecular formula is C21H14N2O5. The highest BCUT2D eigenvalue weighted by Crippen LogP contribution is 2.29. The molecule has 0 atom stereocenters. The minimum atomic E-state index is -0.856. The number of imidazole rings is 1. The molecule has 0 spiro atoms. The van der Waals surface area contributed by atoms with Gasteiger partial charge in [0, 0.05) is 23.4 Å². The first kappa shape index (κ1) is 17.4. The van der Waals surface area contributed by atoms with E-state index in [1.54, 1.807) is 31.2 Å². The van der Waals surface area contributed by atoms with Crippen molar-refractivity contribution in [3.05, 3.63) is 83.7 Å². The van der Waals surface area contributed by atoms with Crippen LogP contribution in [0.15, 0.2) is 66.7 Å². The molecule has 7 heteroatoms. The number of nitrogens with one attached hydrogen (secondary N) is 1. The maximum absolute atomic E-state index is 13.4. The molecule has 4 rings (SSSR count). The van der Waals surface area contributed by atoms with Crippen LogP contribution in [0.3, 0.4) is 0 Å². The summed E-state index contributed by atoms with van der Waals surface area (Å²) in [6.45, 7) is 1.69. The molecular weight excluding hydrogens is 360 g/mol. The van der Waals surface area contributed by atoms with Gasteiger partial charge in [-0.15, -0.1) is 0 Å². The number of aryl methyl sites for hydroxylation is 1. The van der Waals surface area contributed by atoms with E-state index in [0.717, 1.165) is 17.5 Å². The van der Waals surface area contributed by atoms with E-state index in [9.17, 15) is 14.4 Å². The van der Waals surface area contributed by atoms with Gasteiger partial charge in [0.2, 0.25) is 17.3 Å². The minimum absolute atomic E-state index is 0.208. The fraction of sp³-hybridized carbons (Fsp3) is 0.0476. The monoisotopic (exact) mass is 374 g/mol. The van der Waals surface area contributed by atoms with Crippen LogP contribution < -0.4 is 0 Å². The number of carbonyl (C=O) groups is 3. The van der Waals surface area contributed by atoms with Crippen molar-refractivity contribution in [2.75, 3.05) is 0 Å². The lowest BCUT2D eigenvalue weighted by atomic mass is 9.99. The predicted octanol–water partition coefficient (Wildman–Crippen LogP) is 3.08. The maximum Gasteiger partial charge on any atom is 0.336 e. The summed E-state index contributed by atoms with van der Waals surface area (Å²) in [4.78, 5) is 44.4. The molecule has 0 saturated heterocycles. The molecule has 0 aliphatic carbocycles. The van der Waals surface area contributed by atoms with E-state index in [-0.39, 0.29) is 11.5 Å². The number of esters is 2. The molecule has 0 saturated carbocycles. The van der Waals surface area contributed by atoms with E-state index in [1.807, 2.05) is 18.2 Å². The Morgan fingerprint density at radius 1 is 0.964 bits per heavy atom. The zero-order valence-electron chi connectivity index (χ0n) is 14.8. The van der Waals surface area contributed by atoms with Crippen molar-refractivity contribution in [3.63, 3.8) is 0 Å². The molecule has 0 amide bonds. The summed E-state index contributed by atoms with van der Waals surface area (Å²) in [5.74, 6) is -2.86. The average Bonchev–Trinajstić information content (AvgIpc) is 3.12. The molecule has 1 aliphatic heterocycles. The summed E-state index contributed by atoms with van der Waals surface area (Å²) in [6.07, 6.45) is 3.23. The number of ketones is 1. The Balaban J connectivity index is 1.94. The van der Waals surface area contributed by atoms with E-state index in [1.165, 1.54) is 6.33 Å². The van der Waals surface area contributed by atoms with Gasteiger partial charge >= 0.3 is 11.9 Å². The molecule has 0 unspecified atom stereocenters. The predicted molar refractivity (Wildman–Crippen MR) is 99.8 cm³/mol. The Kier molecular flexibility index (Phi) is 4.33. The van der Waals surface area contributed by atoms with Crippen molar-refractivity contribution in [2.24, 2.45) is 0 Å². The van der Waals surface area contributed by atoms with Gasteiger partial charge in [0.25, 0.3) is 0 Å². The summed E-state index contributed by atoms with van der Waals surface area (Å²) < 4.78 is 10.6. The van der Waals surface area contributed by atoms with E-state index >= 15 is 0 Å². The molecule has 0 bridgehead atoms. The molecule has 2 heterocycles. The lowest BCUT2D eigenvalue weighted by Gasteiger charge is -2.15. The zero-order valence-corrected chi connectivity index (χ0v) is 14.8. The molecule has 7 nitrogen and oxygen atoms in total. The highest BCUT2D eigenvalue weighted by atomic mass is 16.6. The molecule has 1 N–H and O–H groups in total. The lowest BCUT2D eigenvalue weighted by Crippen LogP contribution is -2.18. The Bertz CT molecular complexity index is 1180. The number of allylic oxidation sites excluding steroid dienone is 1. The number of ether oxygens (including phenoxy) is 2. The quantitative estimate of drug-likeness (QED) is 0.559. The summed E-state index contributed by atoms with van der Waals surface area (Å²) >= 11 is 0. The topological polar surface area (TPSA) is 98.4 Å². The number of aromatic amines is 1. The van der Waals surface area contributed by atoms with Crippen LogP contribution in [0.1, 0.15) is 21.7 Å². The maximum atomic E-state index is 13.4. The van der Waals surface area contributed by atoms with Crippen LogP contribution in [0.5, 0.6) is 0 Å². The SMILES string of the molecule is Cc1[nH]cnc1/C1=C(/C(=O)c2cccc3ccccc23)OC(=O)/C=C\C(=O)O1. The van der Waals surface area contributed by atoms with Crippen molar-refractivity contribution in [1.29, 1.82) is 0 Å². The summed E-state index contributed by atoms with van der Waals surface area (Å²) in [5, 5.41) is 1.53. The second-order valence-electron chi connectivity index (χ2n) is 6.07. The van der Waals surface area contributed by atoms with Crippen LogP contribution in [-0.2, 0) is 19.1 Å². The number of nitrogens with zero attached hydrogens (tertiary/aromatic N) is 1. The Morgan fingerprint density at radius 2 is 1.68 bits per heavy atom. The van der Waals surface area contributed by atoms with Crippen LogP contribution >= 0.6 is 0 Å². The molecule has 0 fully saturated rings. The number of rotatable bonds is 3. The zero-order chi connectivity index (χ0) is 19.7. The van der Waals surface area contributed by atoms with E-state index in [0.29, 0.717) is 16.6 Å². The van der Waals surface area contributed by atoms with E-state index in [2.05, 4.69) is 9.97 Å². The largest absolute Gasteiger partial charge is 0.417 e. The fourth-order valence-corrected chi connectivity index (χ4v) is 2.94. The highest BCUT2D eigenvalue weighted by molar-refractivity contribution is 6.19. The van der Waals surface area contributed by atoms with Crippen molar-refractivity contribution in [2.45, 2.75) is 6.92 Å². The smallest absolute Gasteiger partial charge is 0.336 e. The number of aromatic nitrogens is 2. The standard InChI is InChI=1S/C21H14N2O5/c1-12-18(23-11-22-12)20-21(28-17(25)10-9-16(24)27-20)19(26)15-8-4-6-13-5-2-3-7-14(13)15/h2-11H,1H3,(H,22,23)/b10-9-,21-20+. The second kappa shape index (κ2) is 6.96. The molecule has 138 valence electrons. The van der Waals surface area contributed by atoms with Gasteiger partial charge in [0.05, 0.1) is 6.33 Å². The number of Topliss-reactive ketones (excluding diaryl/α,β-unsaturated/α-hetero) is 1. The van der Waals surface area contributed by atoms with Gasteiger partial charge in [0.15, 0.2) is 0 Å². The molecule has 28 heavy (non-hydrogen) atoms. The number of cyclic esters (lactones) is 2. The molecule has 1 aliphatic rings. The fourth-order valence-electron chi connectivity index (χ4n) is 2.94. The van der Waals surface area contributed by atoms with Gasteiger partial charge < -0.3 is 14.5 Å². The number of fused-ring (bicyclic) bond motifs is 1. The van der Waals surface area contributed by atoms with Gasteiger partial charge in [-0.2, -0.15) is 0 Å². The Labute approximate surface area is 159 Å². The van der Waals surface area contributed by atoms with Crippen molar-refractivity contribution >= 4 is 34.3 Å². The molecule has 0 radical (unpaired) electrons. The van der Waals surface area contributed by atoms with Crippen LogP contribution in [0.4, 0.5) is 0 Å². The van der Waals surface area contributed by atoms with Gasteiger partial charge in [-0.3, -0.25) is 4.79 Å². The molecule has 3 aromatic rings. The third-order valence-electron chi connectivity index (χ3n) is 4.25. The van der Waals surface area contributed by atoms with Crippen LogP contribution in [-0.4, -0.2) is 27.7 Å². The molecule has 1 aromatic heterocycles. The Morgan fingerprint density at radius 3 is 2.43 bits per heavy atom. The number of hydrogen-bond acceptors (Lipinski definition) is 6. The third kappa shape index (κ3) is 3.09. The average molecular weight is 374 g/mol. The number of hydrogen-bond donors (Lipinski definition) is 1. The summed E-state index contributed by atoms with van der Waals surface area (Å²) in [6, 6.07) is 12.5. The second-order valence-corrected chi connectivity index (χ2v) is 6.07. The molecule has 2 aromatic carbocycles. The van der Waals surface area contributed by atoms with Crippen LogP contribution in [0.2, 0.25) is 0 Å². The number of H-pyrrole nitrogens is 1. The first-order valence-corrected chi connectivity index (χ1v) is 8.43. The lowest BCUT2D eigenvalue weighted by molar-refractivity contribution is -0.137. The van der Waals surface area contributed by atoms with Crippen molar-refractivity contribution in [3.8, 4) is 0 Å². The third-order valence-corrected chi connectivity index (χ3v) is 4.25. The van der Waals surface area contributed by atoms with Gasteiger partial charge in [0.1, 0.15) is 5.69 Å². The summed E-state index contributed by atoms with van der Waals surface area (Å²) in [7, 11) is 0. The number of carbonyl (C=O) groups excluding carboxylic acids is 3. The van der Waals surface area contributed by atoms with Crippen LogP contribution in [0.25, 0.3) is 16.5 Å².